The number of benzene rings is 3. The Bertz CT molecular complexity index is 1310. The Morgan fingerprint density at radius 1 is 1.09 bits per heavy atom. The van der Waals surface area contributed by atoms with Crippen LogP contribution in [0.2, 0.25) is 0 Å². The summed E-state index contributed by atoms with van der Waals surface area (Å²) in [6.45, 7) is 0.344. The first-order chi connectivity index (χ1) is 15.5. The van der Waals surface area contributed by atoms with Crippen LogP contribution in [0.15, 0.2) is 66.7 Å². The summed E-state index contributed by atoms with van der Waals surface area (Å²) in [5.41, 5.74) is 2.91. The van der Waals surface area contributed by atoms with Crippen molar-refractivity contribution in [1.29, 1.82) is 0 Å². The molecule has 0 amide bonds. The minimum atomic E-state index is -0.426. The third kappa shape index (κ3) is 4.81. The molecule has 0 fully saturated rings. The molecule has 160 valence electrons. The zero-order chi connectivity index (χ0) is 22.5. The molecule has 32 heavy (non-hydrogen) atoms. The van der Waals surface area contributed by atoms with Gasteiger partial charge in [0.05, 0.1) is 27.8 Å². The summed E-state index contributed by atoms with van der Waals surface area (Å²) in [6, 6.07) is 19.3. The predicted octanol–water partition coefficient (Wildman–Crippen LogP) is 5.74. The molecule has 0 spiro atoms. The molecule has 7 nitrogen and oxygen atoms in total. The first-order valence-corrected chi connectivity index (χ1v) is 10.5. The van der Waals surface area contributed by atoms with Gasteiger partial charge in [-0.15, -0.1) is 11.3 Å². The van der Waals surface area contributed by atoms with Gasteiger partial charge in [0.1, 0.15) is 17.4 Å². The molecular weight excluding hydrogens is 428 g/mol. The van der Waals surface area contributed by atoms with Crippen LogP contribution in [0.4, 0.5) is 5.69 Å². The zero-order valence-corrected chi connectivity index (χ0v) is 17.9. The van der Waals surface area contributed by atoms with Crippen molar-refractivity contribution in [2.24, 2.45) is 0 Å². The Kier molecular flexibility index (Phi) is 6.23. The largest absolute Gasteiger partial charge is 0.488 e. The second kappa shape index (κ2) is 9.40. The highest BCUT2D eigenvalue weighted by atomic mass is 32.1. The molecule has 4 rings (SSSR count). The molecule has 0 bridgehead atoms. The van der Waals surface area contributed by atoms with Crippen LogP contribution in [0, 0.1) is 10.1 Å². The quantitative estimate of drug-likeness (QED) is 0.204. The third-order valence-electron chi connectivity index (χ3n) is 4.69. The van der Waals surface area contributed by atoms with E-state index >= 15 is 0 Å². The van der Waals surface area contributed by atoms with Crippen LogP contribution in [-0.2, 0) is 11.3 Å². The van der Waals surface area contributed by atoms with Gasteiger partial charge in [-0.1, -0.05) is 30.3 Å². The van der Waals surface area contributed by atoms with Gasteiger partial charge in [0.15, 0.2) is 0 Å². The van der Waals surface area contributed by atoms with Gasteiger partial charge < -0.3 is 9.47 Å². The topological polar surface area (TPSA) is 91.6 Å². The standard InChI is InChI=1S/C24H18N2O5S/c1-30-24(27)18-8-6-16(7-9-18)15-31-21-5-3-2-4-17(21)10-13-23-25-20-14-19(26(28)29)11-12-22(20)32-23/h2-14H,15H2,1H3. The number of thiazole rings is 1. The second-order valence-electron chi connectivity index (χ2n) is 6.81. The number of fused-ring (bicyclic) bond motifs is 1. The highest BCUT2D eigenvalue weighted by molar-refractivity contribution is 7.19. The smallest absolute Gasteiger partial charge is 0.337 e. The summed E-state index contributed by atoms with van der Waals surface area (Å²) < 4.78 is 11.6. The number of hydrogen-bond acceptors (Lipinski definition) is 7. The van der Waals surface area contributed by atoms with E-state index in [1.165, 1.54) is 30.6 Å². The highest BCUT2D eigenvalue weighted by Crippen LogP contribution is 2.28. The van der Waals surface area contributed by atoms with Gasteiger partial charge in [-0.3, -0.25) is 10.1 Å². The number of nitrogens with zero attached hydrogens (tertiary/aromatic N) is 2. The SMILES string of the molecule is COC(=O)c1ccc(COc2ccccc2C=Cc2nc3cc([N+](=O)[O-])ccc3s2)cc1. The molecular formula is C24H18N2O5S. The first kappa shape index (κ1) is 21.2. The van der Waals surface area contributed by atoms with Gasteiger partial charge >= 0.3 is 5.97 Å². The number of non-ortho nitro benzene ring substituents is 1. The lowest BCUT2D eigenvalue weighted by Crippen LogP contribution is -2.02. The van der Waals surface area contributed by atoms with E-state index < -0.39 is 4.92 Å². The molecule has 8 heteroatoms. The lowest BCUT2D eigenvalue weighted by molar-refractivity contribution is -0.384. The number of carbonyl (C=O) groups is 1. The molecule has 0 radical (unpaired) electrons. The lowest BCUT2D eigenvalue weighted by Gasteiger charge is -2.09. The Morgan fingerprint density at radius 2 is 1.88 bits per heavy atom. The summed E-state index contributed by atoms with van der Waals surface area (Å²) in [7, 11) is 1.35. The summed E-state index contributed by atoms with van der Waals surface area (Å²) in [5, 5.41) is 11.7. The van der Waals surface area contributed by atoms with Crippen molar-refractivity contribution in [3.63, 3.8) is 0 Å². The van der Waals surface area contributed by atoms with E-state index in [0.717, 1.165) is 20.8 Å². The van der Waals surface area contributed by atoms with Crippen molar-refractivity contribution in [3.8, 4) is 5.75 Å². The van der Waals surface area contributed by atoms with Crippen molar-refractivity contribution in [1.82, 2.24) is 4.98 Å². The van der Waals surface area contributed by atoms with Crippen molar-refractivity contribution >= 4 is 45.4 Å². The summed E-state index contributed by atoms with van der Waals surface area (Å²) in [6.07, 6.45) is 3.77. The molecule has 0 atom stereocenters. The summed E-state index contributed by atoms with van der Waals surface area (Å²) >= 11 is 1.46. The summed E-state index contributed by atoms with van der Waals surface area (Å²) in [4.78, 5) is 26.5. The third-order valence-corrected chi connectivity index (χ3v) is 5.69. The predicted molar refractivity (Wildman–Crippen MR) is 124 cm³/mol. The van der Waals surface area contributed by atoms with Crippen LogP contribution in [0.1, 0.15) is 26.5 Å². The summed E-state index contributed by atoms with van der Waals surface area (Å²) in [5.74, 6) is 0.329. The van der Waals surface area contributed by atoms with Crippen LogP contribution >= 0.6 is 11.3 Å². The number of aromatic nitrogens is 1. The van der Waals surface area contributed by atoms with E-state index in [-0.39, 0.29) is 11.7 Å². The van der Waals surface area contributed by atoms with E-state index in [9.17, 15) is 14.9 Å². The van der Waals surface area contributed by atoms with Gasteiger partial charge in [0, 0.05) is 17.7 Å². The monoisotopic (exact) mass is 446 g/mol. The fourth-order valence-electron chi connectivity index (χ4n) is 3.05. The fourth-order valence-corrected chi connectivity index (χ4v) is 3.90. The number of carbonyl (C=O) groups excluding carboxylic acids is 1. The number of ether oxygens (including phenoxy) is 2. The second-order valence-corrected chi connectivity index (χ2v) is 7.87. The van der Waals surface area contributed by atoms with Gasteiger partial charge in [-0.25, -0.2) is 9.78 Å². The fraction of sp³-hybridized carbons (Fsp3) is 0.0833. The molecule has 4 aromatic rings. The van der Waals surface area contributed by atoms with Crippen LogP contribution in [0.25, 0.3) is 22.4 Å². The average Bonchev–Trinajstić information content (AvgIpc) is 3.24. The zero-order valence-electron chi connectivity index (χ0n) is 17.1. The van der Waals surface area contributed by atoms with Gasteiger partial charge in [-0.05, 0) is 42.0 Å². The maximum atomic E-state index is 11.5. The highest BCUT2D eigenvalue weighted by Gasteiger charge is 2.10. The van der Waals surface area contributed by atoms with Crippen LogP contribution < -0.4 is 4.74 Å². The van der Waals surface area contributed by atoms with E-state index in [0.29, 0.717) is 23.4 Å². The number of hydrogen-bond donors (Lipinski definition) is 0. The van der Waals surface area contributed by atoms with Crippen LogP contribution in [0.3, 0.4) is 0 Å². The molecule has 0 N–H and O–H groups in total. The van der Waals surface area contributed by atoms with Crippen molar-refractivity contribution in [3.05, 3.63) is 98.5 Å². The van der Waals surface area contributed by atoms with E-state index in [1.807, 2.05) is 48.6 Å². The normalized spacial score (nSPS) is 11.0. The maximum Gasteiger partial charge on any atom is 0.337 e. The molecule has 0 saturated heterocycles. The van der Waals surface area contributed by atoms with Crippen molar-refractivity contribution in [2.45, 2.75) is 6.61 Å². The molecule has 0 saturated carbocycles. The first-order valence-electron chi connectivity index (χ1n) is 9.65. The number of para-hydroxylation sites is 1. The molecule has 1 heterocycles. The average molecular weight is 446 g/mol. The van der Waals surface area contributed by atoms with Crippen LogP contribution in [-0.4, -0.2) is 23.0 Å². The van der Waals surface area contributed by atoms with Crippen molar-refractivity contribution < 1.29 is 19.2 Å². The Hall–Kier alpha value is -4.04. The molecule has 3 aromatic carbocycles. The van der Waals surface area contributed by atoms with Gasteiger partial charge in [0.2, 0.25) is 0 Å². The Morgan fingerprint density at radius 3 is 2.62 bits per heavy atom. The Balaban J connectivity index is 1.48. The molecule has 1 aromatic heterocycles. The minimum absolute atomic E-state index is 0.0247. The van der Waals surface area contributed by atoms with Crippen LogP contribution in [0.5, 0.6) is 5.75 Å². The van der Waals surface area contributed by atoms with Crippen molar-refractivity contribution in [2.75, 3.05) is 7.11 Å². The number of rotatable bonds is 7. The van der Waals surface area contributed by atoms with E-state index in [1.54, 1.807) is 18.2 Å². The van der Waals surface area contributed by atoms with Gasteiger partial charge in [0.25, 0.3) is 5.69 Å². The lowest BCUT2D eigenvalue weighted by atomic mass is 10.1. The molecule has 0 aliphatic carbocycles. The van der Waals surface area contributed by atoms with E-state index in [4.69, 9.17) is 9.47 Å². The molecule has 0 aliphatic heterocycles. The molecule has 0 aliphatic rings. The number of nitro groups is 1. The number of methoxy groups -OCH3 is 1. The Labute approximate surface area is 187 Å². The maximum absolute atomic E-state index is 11.5. The van der Waals surface area contributed by atoms with E-state index in [2.05, 4.69) is 4.98 Å². The molecule has 0 unspecified atom stereocenters. The number of nitro benzene ring substituents is 1. The minimum Gasteiger partial charge on any atom is -0.488 e. The van der Waals surface area contributed by atoms with Gasteiger partial charge in [-0.2, -0.15) is 0 Å². The number of esters is 1.